The van der Waals surface area contributed by atoms with E-state index in [1.165, 1.54) is 0 Å². The summed E-state index contributed by atoms with van der Waals surface area (Å²) >= 11 is 0. The standard InChI is InChI=1S/C18H14N2O2/c1-3-22-18(21)14-5-4-6-16(12-14)20-10-9-13-11-15(19-2)7-8-17(13)20/h4-12H,3H2,1H3. The Labute approximate surface area is 128 Å². The zero-order valence-electron chi connectivity index (χ0n) is 12.1. The van der Waals surface area contributed by atoms with E-state index in [0.29, 0.717) is 17.9 Å². The minimum Gasteiger partial charge on any atom is -0.462 e. The SMILES string of the molecule is [C-]#[N+]c1ccc2c(ccn2-c2cccc(C(=O)OCC)c2)c1. The number of hydrogen-bond donors (Lipinski definition) is 0. The van der Waals surface area contributed by atoms with E-state index in [-0.39, 0.29) is 5.97 Å². The predicted molar refractivity (Wildman–Crippen MR) is 85.5 cm³/mol. The minimum atomic E-state index is -0.323. The summed E-state index contributed by atoms with van der Waals surface area (Å²) in [6, 6.07) is 14.8. The van der Waals surface area contributed by atoms with Crippen LogP contribution >= 0.6 is 0 Å². The first-order chi connectivity index (χ1) is 10.7. The van der Waals surface area contributed by atoms with E-state index in [2.05, 4.69) is 4.85 Å². The highest BCUT2D eigenvalue weighted by atomic mass is 16.5. The quantitative estimate of drug-likeness (QED) is 0.531. The predicted octanol–water partition coefficient (Wildman–Crippen LogP) is 4.36. The molecular formula is C18H14N2O2. The third-order valence-electron chi connectivity index (χ3n) is 3.44. The molecule has 0 aliphatic heterocycles. The second-order valence-electron chi connectivity index (χ2n) is 4.81. The first-order valence-electron chi connectivity index (χ1n) is 6.99. The Morgan fingerprint density at radius 2 is 2.09 bits per heavy atom. The largest absolute Gasteiger partial charge is 0.462 e. The molecule has 1 heterocycles. The van der Waals surface area contributed by atoms with Crippen molar-refractivity contribution in [1.82, 2.24) is 4.57 Å². The lowest BCUT2D eigenvalue weighted by molar-refractivity contribution is 0.0526. The number of nitrogens with zero attached hydrogens (tertiary/aromatic N) is 2. The van der Waals surface area contributed by atoms with Gasteiger partial charge in [-0.2, -0.15) is 0 Å². The highest BCUT2D eigenvalue weighted by molar-refractivity contribution is 5.91. The van der Waals surface area contributed by atoms with Gasteiger partial charge in [0, 0.05) is 11.9 Å². The molecule has 0 N–H and O–H groups in total. The fourth-order valence-electron chi connectivity index (χ4n) is 2.42. The number of ether oxygens (including phenoxy) is 1. The molecule has 4 nitrogen and oxygen atoms in total. The molecule has 0 fully saturated rings. The molecule has 0 spiro atoms. The highest BCUT2D eigenvalue weighted by Gasteiger charge is 2.09. The first-order valence-corrected chi connectivity index (χ1v) is 6.99. The second-order valence-corrected chi connectivity index (χ2v) is 4.81. The van der Waals surface area contributed by atoms with E-state index >= 15 is 0 Å². The summed E-state index contributed by atoms with van der Waals surface area (Å²) in [5.41, 5.74) is 3.02. The molecule has 0 atom stereocenters. The molecule has 0 radical (unpaired) electrons. The number of benzene rings is 2. The number of fused-ring (bicyclic) bond motifs is 1. The van der Waals surface area contributed by atoms with Crippen LogP contribution in [0.5, 0.6) is 0 Å². The number of aromatic nitrogens is 1. The maximum Gasteiger partial charge on any atom is 0.338 e. The summed E-state index contributed by atoms with van der Waals surface area (Å²) < 4.78 is 7.03. The van der Waals surface area contributed by atoms with Crippen LogP contribution in [0.1, 0.15) is 17.3 Å². The molecule has 1 aromatic heterocycles. The van der Waals surface area contributed by atoms with Crippen molar-refractivity contribution in [3.05, 3.63) is 71.7 Å². The van der Waals surface area contributed by atoms with Crippen LogP contribution in [0.3, 0.4) is 0 Å². The summed E-state index contributed by atoms with van der Waals surface area (Å²) in [6.45, 7) is 9.22. The molecule has 0 unspecified atom stereocenters. The molecule has 3 aromatic rings. The molecule has 22 heavy (non-hydrogen) atoms. The monoisotopic (exact) mass is 290 g/mol. The molecule has 2 aromatic carbocycles. The molecule has 4 heteroatoms. The number of esters is 1. The number of rotatable bonds is 3. The summed E-state index contributed by atoms with van der Waals surface area (Å²) in [5, 5.41) is 0.995. The summed E-state index contributed by atoms with van der Waals surface area (Å²) in [5.74, 6) is -0.323. The normalized spacial score (nSPS) is 10.4. The van der Waals surface area contributed by atoms with Crippen LogP contribution in [0.25, 0.3) is 21.4 Å². The Morgan fingerprint density at radius 1 is 1.23 bits per heavy atom. The first kappa shape index (κ1) is 13.9. The Bertz CT molecular complexity index is 887. The third kappa shape index (κ3) is 2.45. The smallest absolute Gasteiger partial charge is 0.338 e. The van der Waals surface area contributed by atoms with Crippen LogP contribution in [-0.2, 0) is 4.74 Å². The molecule has 3 rings (SSSR count). The highest BCUT2D eigenvalue weighted by Crippen LogP contribution is 2.25. The fourth-order valence-corrected chi connectivity index (χ4v) is 2.42. The van der Waals surface area contributed by atoms with Crippen LogP contribution < -0.4 is 0 Å². The molecule has 0 bridgehead atoms. The summed E-state index contributed by atoms with van der Waals surface area (Å²) in [4.78, 5) is 15.3. The van der Waals surface area contributed by atoms with Gasteiger partial charge in [0.2, 0.25) is 0 Å². The van der Waals surface area contributed by atoms with Crippen molar-refractivity contribution >= 4 is 22.6 Å². The van der Waals surface area contributed by atoms with Gasteiger partial charge in [0.15, 0.2) is 5.69 Å². The van der Waals surface area contributed by atoms with Crippen molar-refractivity contribution in [3.8, 4) is 5.69 Å². The zero-order chi connectivity index (χ0) is 15.5. The van der Waals surface area contributed by atoms with Gasteiger partial charge in [0.05, 0.1) is 24.3 Å². The second kappa shape index (κ2) is 5.74. The number of carbonyl (C=O) groups is 1. The van der Waals surface area contributed by atoms with Crippen molar-refractivity contribution in [2.45, 2.75) is 6.92 Å². The van der Waals surface area contributed by atoms with Gasteiger partial charge in [-0.05, 0) is 48.7 Å². The van der Waals surface area contributed by atoms with E-state index in [4.69, 9.17) is 11.3 Å². The van der Waals surface area contributed by atoms with Gasteiger partial charge in [-0.25, -0.2) is 9.64 Å². The maximum atomic E-state index is 11.8. The lowest BCUT2D eigenvalue weighted by Crippen LogP contribution is -2.05. The van der Waals surface area contributed by atoms with E-state index in [1.54, 1.807) is 25.1 Å². The molecule has 0 saturated carbocycles. The van der Waals surface area contributed by atoms with Crippen molar-refractivity contribution in [1.29, 1.82) is 0 Å². The Hall–Kier alpha value is -3.06. The van der Waals surface area contributed by atoms with Crippen molar-refractivity contribution in [2.75, 3.05) is 6.61 Å². The van der Waals surface area contributed by atoms with E-state index in [9.17, 15) is 4.79 Å². The Morgan fingerprint density at radius 3 is 2.86 bits per heavy atom. The van der Waals surface area contributed by atoms with Crippen LogP contribution in [-0.4, -0.2) is 17.1 Å². The van der Waals surface area contributed by atoms with Crippen LogP contribution in [0.2, 0.25) is 0 Å². The van der Waals surface area contributed by atoms with Crippen molar-refractivity contribution < 1.29 is 9.53 Å². The molecule has 108 valence electrons. The summed E-state index contributed by atoms with van der Waals surface area (Å²) in [7, 11) is 0. The van der Waals surface area contributed by atoms with Crippen LogP contribution in [0, 0.1) is 6.57 Å². The molecule has 0 amide bonds. The minimum absolute atomic E-state index is 0.323. The van der Waals surface area contributed by atoms with Gasteiger partial charge < -0.3 is 9.30 Å². The summed E-state index contributed by atoms with van der Waals surface area (Å²) in [6.07, 6.45) is 1.93. The van der Waals surface area contributed by atoms with Crippen LogP contribution in [0.15, 0.2) is 54.7 Å². The lowest BCUT2D eigenvalue weighted by atomic mass is 10.2. The maximum absolute atomic E-state index is 11.8. The third-order valence-corrected chi connectivity index (χ3v) is 3.44. The van der Waals surface area contributed by atoms with Gasteiger partial charge in [-0.15, -0.1) is 0 Å². The van der Waals surface area contributed by atoms with Gasteiger partial charge in [0.25, 0.3) is 0 Å². The van der Waals surface area contributed by atoms with Crippen molar-refractivity contribution in [3.63, 3.8) is 0 Å². The number of carbonyl (C=O) groups excluding carboxylic acids is 1. The van der Waals surface area contributed by atoms with Gasteiger partial charge >= 0.3 is 5.97 Å². The van der Waals surface area contributed by atoms with Gasteiger partial charge in [0.1, 0.15) is 0 Å². The van der Waals surface area contributed by atoms with E-state index < -0.39 is 0 Å². The van der Waals surface area contributed by atoms with E-state index in [0.717, 1.165) is 16.6 Å². The fraction of sp³-hybridized carbons (Fsp3) is 0.111. The lowest BCUT2D eigenvalue weighted by Gasteiger charge is -2.08. The average molecular weight is 290 g/mol. The molecule has 0 aliphatic carbocycles. The van der Waals surface area contributed by atoms with Crippen LogP contribution in [0.4, 0.5) is 5.69 Å². The Kier molecular flexibility index (Phi) is 3.63. The number of hydrogen-bond acceptors (Lipinski definition) is 2. The zero-order valence-corrected chi connectivity index (χ0v) is 12.1. The Balaban J connectivity index is 2.06. The van der Waals surface area contributed by atoms with Gasteiger partial charge in [-0.1, -0.05) is 12.1 Å². The van der Waals surface area contributed by atoms with E-state index in [1.807, 2.05) is 41.1 Å². The van der Waals surface area contributed by atoms with Crippen molar-refractivity contribution in [2.24, 2.45) is 0 Å². The topological polar surface area (TPSA) is 35.6 Å². The average Bonchev–Trinajstić information content (AvgIpc) is 2.98. The molecule has 0 aliphatic rings. The molecule has 0 saturated heterocycles. The van der Waals surface area contributed by atoms with Gasteiger partial charge in [-0.3, -0.25) is 0 Å². The molecular weight excluding hydrogens is 276 g/mol.